The summed E-state index contributed by atoms with van der Waals surface area (Å²) in [5, 5.41) is 1.62. The van der Waals surface area contributed by atoms with Crippen molar-refractivity contribution in [2.24, 2.45) is 5.92 Å². The first-order chi connectivity index (χ1) is 14.6. The number of fused-ring (bicyclic) bond motifs is 1. The minimum Gasteiger partial charge on any atom is -0.461 e. The van der Waals surface area contributed by atoms with Gasteiger partial charge in [-0.25, -0.2) is 9.47 Å². The normalized spacial score (nSPS) is 14.6. The smallest absolute Gasteiger partial charge is 0.357 e. The van der Waals surface area contributed by atoms with Crippen molar-refractivity contribution in [3.05, 3.63) is 69.6 Å². The molecule has 6 heteroatoms. The number of nitrogens with one attached hydrogen (secondary N) is 1. The monoisotopic (exact) mass is 424 g/mol. The Kier molecular flexibility index (Phi) is 6.09. The molecule has 1 aromatic heterocycles. The summed E-state index contributed by atoms with van der Waals surface area (Å²) in [4.78, 5) is 26.4. The Bertz CT molecular complexity index is 1120. The van der Waals surface area contributed by atoms with Crippen molar-refractivity contribution >= 4 is 28.3 Å². The number of aromatic nitrogens is 1. The average Bonchev–Trinajstić information content (AvgIpc) is 2.78. The fourth-order valence-electron chi connectivity index (χ4n) is 4.29. The van der Waals surface area contributed by atoms with Crippen LogP contribution in [0.2, 0.25) is 5.02 Å². The predicted octanol–water partition coefficient (Wildman–Crippen LogP) is 5.23. The van der Waals surface area contributed by atoms with Gasteiger partial charge in [-0.05, 0) is 47.9 Å². The van der Waals surface area contributed by atoms with E-state index in [0.29, 0.717) is 33.9 Å². The highest BCUT2D eigenvalue weighted by Gasteiger charge is 2.25. The van der Waals surface area contributed by atoms with Crippen molar-refractivity contribution in [2.45, 2.75) is 32.1 Å². The van der Waals surface area contributed by atoms with E-state index >= 15 is 0 Å². The Morgan fingerprint density at radius 2 is 1.83 bits per heavy atom. The number of halogens is 1. The minimum absolute atomic E-state index is 0.194. The maximum atomic E-state index is 13.3. The lowest BCUT2D eigenvalue weighted by molar-refractivity contribution is 0.0399. The van der Waals surface area contributed by atoms with E-state index in [1.165, 1.54) is 23.9 Å². The predicted molar refractivity (Wildman–Crippen MR) is 121 cm³/mol. The largest absolute Gasteiger partial charge is 0.461 e. The van der Waals surface area contributed by atoms with Gasteiger partial charge in [0.15, 0.2) is 5.69 Å². The van der Waals surface area contributed by atoms with Crippen molar-refractivity contribution in [1.82, 2.24) is 4.68 Å². The number of hydrogen-bond acceptors (Lipinski definition) is 4. The Hall–Kier alpha value is -2.79. The van der Waals surface area contributed by atoms with E-state index in [9.17, 15) is 9.59 Å². The van der Waals surface area contributed by atoms with Crippen molar-refractivity contribution in [3.8, 4) is 11.1 Å². The van der Waals surface area contributed by atoms with Crippen molar-refractivity contribution < 1.29 is 9.53 Å². The second kappa shape index (κ2) is 8.92. The van der Waals surface area contributed by atoms with E-state index in [1.807, 2.05) is 30.3 Å². The zero-order chi connectivity index (χ0) is 21.1. The Balaban J connectivity index is 1.88. The molecule has 1 N–H and O–H groups in total. The molecule has 1 fully saturated rings. The third-order valence-electron chi connectivity index (χ3n) is 5.80. The molecule has 1 heterocycles. The zero-order valence-electron chi connectivity index (χ0n) is 17.0. The van der Waals surface area contributed by atoms with Crippen LogP contribution in [0.4, 0.5) is 0 Å². The van der Waals surface area contributed by atoms with Crippen LogP contribution >= 0.6 is 11.6 Å². The molecule has 0 saturated heterocycles. The lowest BCUT2D eigenvalue weighted by Crippen LogP contribution is -2.33. The molecule has 0 aliphatic heterocycles. The molecule has 5 nitrogen and oxygen atoms in total. The number of nitrogens with zero attached hydrogens (tertiary/aromatic N) is 1. The Morgan fingerprint density at radius 1 is 1.10 bits per heavy atom. The summed E-state index contributed by atoms with van der Waals surface area (Å²) in [5.41, 5.74) is 4.21. The first-order valence-electron chi connectivity index (χ1n) is 10.4. The van der Waals surface area contributed by atoms with Gasteiger partial charge < -0.3 is 10.2 Å². The fraction of sp³-hybridized carbons (Fsp3) is 0.333. The highest BCUT2D eigenvalue weighted by atomic mass is 35.5. The van der Waals surface area contributed by atoms with E-state index in [2.05, 4.69) is 5.43 Å². The highest BCUT2D eigenvalue weighted by Crippen LogP contribution is 2.33. The Morgan fingerprint density at radius 3 is 2.53 bits per heavy atom. The second-order valence-corrected chi connectivity index (χ2v) is 8.18. The van der Waals surface area contributed by atoms with Gasteiger partial charge in [0.1, 0.15) is 0 Å². The van der Waals surface area contributed by atoms with Crippen molar-refractivity contribution in [3.63, 3.8) is 0 Å². The third kappa shape index (κ3) is 3.94. The van der Waals surface area contributed by atoms with E-state index in [1.54, 1.807) is 25.2 Å². The number of ether oxygens (including phenoxy) is 1. The SMILES string of the molecule is CNn1c(C(=O)OCC2CCCCC2)c(-c2ccccc2)c2cc(Cl)ccc2c1=O. The first-order valence-corrected chi connectivity index (χ1v) is 10.8. The van der Waals surface area contributed by atoms with Crippen LogP contribution in [0.3, 0.4) is 0 Å². The molecule has 0 spiro atoms. The standard InChI is InChI=1S/C24H25ClN2O3/c1-26-27-22(24(29)30-15-16-8-4-2-5-9-16)21(17-10-6-3-7-11-17)20-14-18(25)12-13-19(20)23(27)28/h3,6-7,10-14,16,26H,2,4-5,8-9,15H2,1H3. The molecule has 0 atom stereocenters. The van der Waals surface area contributed by atoms with Crippen molar-refractivity contribution in [2.75, 3.05) is 19.1 Å². The van der Waals surface area contributed by atoms with Crippen LogP contribution in [0.5, 0.6) is 0 Å². The van der Waals surface area contributed by atoms with E-state index < -0.39 is 5.97 Å². The van der Waals surface area contributed by atoms with Crippen LogP contribution < -0.4 is 11.0 Å². The number of esters is 1. The zero-order valence-corrected chi connectivity index (χ0v) is 17.7. The van der Waals surface area contributed by atoms with Crippen LogP contribution in [0.25, 0.3) is 21.9 Å². The molecule has 1 aliphatic rings. The van der Waals surface area contributed by atoms with Crippen LogP contribution in [-0.2, 0) is 4.74 Å². The first kappa shape index (κ1) is 20.5. The Labute approximate surface area is 180 Å². The summed E-state index contributed by atoms with van der Waals surface area (Å²) in [7, 11) is 1.62. The number of rotatable bonds is 5. The number of carbonyl (C=O) groups excluding carboxylic acids is 1. The van der Waals surface area contributed by atoms with Gasteiger partial charge in [-0.15, -0.1) is 0 Å². The molecule has 0 amide bonds. The fourth-order valence-corrected chi connectivity index (χ4v) is 4.46. The maximum absolute atomic E-state index is 13.3. The molecular weight excluding hydrogens is 400 g/mol. The molecule has 1 aliphatic carbocycles. The van der Waals surface area contributed by atoms with Crippen LogP contribution in [0.1, 0.15) is 42.6 Å². The number of carbonyl (C=O) groups is 1. The molecule has 30 heavy (non-hydrogen) atoms. The third-order valence-corrected chi connectivity index (χ3v) is 6.03. The lowest BCUT2D eigenvalue weighted by atomic mass is 9.90. The lowest BCUT2D eigenvalue weighted by Gasteiger charge is -2.23. The van der Waals surface area contributed by atoms with Gasteiger partial charge in [-0.3, -0.25) is 4.79 Å². The van der Waals surface area contributed by atoms with Crippen LogP contribution in [0, 0.1) is 5.92 Å². The van der Waals surface area contributed by atoms with Gasteiger partial charge in [0, 0.05) is 23.0 Å². The molecule has 4 rings (SSSR count). The molecule has 3 aromatic rings. The molecule has 0 unspecified atom stereocenters. The molecule has 0 radical (unpaired) electrons. The van der Waals surface area contributed by atoms with E-state index in [0.717, 1.165) is 18.4 Å². The van der Waals surface area contributed by atoms with Gasteiger partial charge >= 0.3 is 5.97 Å². The minimum atomic E-state index is -0.507. The van der Waals surface area contributed by atoms with Gasteiger partial charge in [0.2, 0.25) is 0 Å². The summed E-state index contributed by atoms with van der Waals surface area (Å²) in [6, 6.07) is 14.6. The van der Waals surface area contributed by atoms with E-state index in [-0.39, 0.29) is 11.3 Å². The highest BCUT2D eigenvalue weighted by molar-refractivity contribution is 6.31. The molecular formula is C24H25ClN2O3. The van der Waals surface area contributed by atoms with E-state index in [4.69, 9.17) is 16.3 Å². The maximum Gasteiger partial charge on any atom is 0.357 e. The molecule has 0 bridgehead atoms. The quantitative estimate of drug-likeness (QED) is 0.569. The summed E-state index contributed by atoms with van der Waals surface area (Å²) in [6.07, 6.45) is 5.74. The number of benzene rings is 2. The summed E-state index contributed by atoms with van der Waals surface area (Å²) in [5.74, 6) is -0.125. The number of hydrogen-bond donors (Lipinski definition) is 1. The van der Waals surface area contributed by atoms with Gasteiger partial charge in [-0.1, -0.05) is 61.2 Å². The molecule has 2 aromatic carbocycles. The number of pyridine rings is 1. The van der Waals surface area contributed by atoms with Crippen molar-refractivity contribution in [1.29, 1.82) is 0 Å². The summed E-state index contributed by atoms with van der Waals surface area (Å²) in [6.45, 7) is 0.374. The molecule has 1 saturated carbocycles. The topological polar surface area (TPSA) is 60.3 Å². The van der Waals surface area contributed by atoms with Crippen LogP contribution in [0.15, 0.2) is 53.3 Å². The summed E-state index contributed by atoms with van der Waals surface area (Å²) >= 11 is 6.26. The molecule has 156 valence electrons. The van der Waals surface area contributed by atoms with Crippen LogP contribution in [-0.4, -0.2) is 24.3 Å². The van der Waals surface area contributed by atoms with Gasteiger partial charge in [-0.2, -0.15) is 0 Å². The summed E-state index contributed by atoms with van der Waals surface area (Å²) < 4.78 is 7.01. The average molecular weight is 425 g/mol. The second-order valence-electron chi connectivity index (χ2n) is 7.75. The van der Waals surface area contributed by atoms with Gasteiger partial charge in [0.05, 0.1) is 6.61 Å². The van der Waals surface area contributed by atoms with Gasteiger partial charge in [0.25, 0.3) is 5.56 Å².